The molecular weight excluding hydrogens is 434 g/mol. The molecule has 0 heterocycles. The minimum absolute atomic E-state index is 0.0392. The van der Waals surface area contributed by atoms with Gasteiger partial charge >= 0.3 is 5.97 Å². The summed E-state index contributed by atoms with van der Waals surface area (Å²) in [5, 5.41) is 0. The van der Waals surface area contributed by atoms with Gasteiger partial charge in [0.15, 0.2) is 0 Å². The molecular formula is C31H51NO3. The lowest BCUT2D eigenvalue weighted by Gasteiger charge is -2.58. The highest BCUT2D eigenvalue weighted by Crippen LogP contribution is 2.67. The molecule has 0 aromatic carbocycles. The molecule has 4 heteroatoms. The number of hydrogen-bond acceptors (Lipinski definition) is 3. The lowest BCUT2D eigenvalue weighted by atomic mass is 9.47. The van der Waals surface area contributed by atoms with Crippen LogP contribution in [0.25, 0.3) is 0 Å². The molecule has 4 aliphatic rings. The van der Waals surface area contributed by atoms with Crippen molar-refractivity contribution in [3.05, 3.63) is 11.6 Å². The highest BCUT2D eigenvalue weighted by Gasteiger charge is 2.59. The van der Waals surface area contributed by atoms with Crippen molar-refractivity contribution in [1.82, 2.24) is 0 Å². The van der Waals surface area contributed by atoms with Gasteiger partial charge in [0.2, 0.25) is 5.91 Å². The lowest BCUT2D eigenvalue weighted by Crippen LogP contribution is -2.51. The third-order valence-electron chi connectivity index (χ3n) is 11.1. The zero-order chi connectivity index (χ0) is 25.4. The van der Waals surface area contributed by atoms with Crippen molar-refractivity contribution in [3.63, 3.8) is 0 Å². The molecule has 4 nitrogen and oxygen atoms in total. The second-order valence-corrected chi connectivity index (χ2v) is 13.6. The summed E-state index contributed by atoms with van der Waals surface area (Å²) in [6.07, 6.45) is 16.6. The Bertz CT molecular complexity index is 818. The highest BCUT2D eigenvalue weighted by atomic mass is 16.5. The van der Waals surface area contributed by atoms with Crippen molar-refractivity contribution in [1.29, 1.82) is 0 Å². The molecule has 8 atom stereocenters. The number of carbonyl (C=O) groups is 2. The largest absolute Gasteiger partial charge is 0.462 e. The summed E-state index contributed by atoms with van der Waals surface area (Å²) in [6, 6.07) is 0. The van der Waals surface area contributed by atoms with Gasteiger partial charge in [-0.1, -0.05) is 65.5 Å². The van der Waals surface area contributed by atoms with Crippen LogP contribution in [0.15, 0.2) is 11.6 Å². The number of hydrogen-bond donors (Lipinski definition) is 1. The van der Waals surface area contributed by atoms with E-state index < -0.39 is 5.91 Å². The minimum Gasteiger partial charge on any atom is -0.462 e. The first-order valence-electron chi connectivity index (χ1n) is 14.7. The Balaban J connectivity index is 1.40. The number of rotatable bonds is 9. The molecule has 3 fully saturated rings. The number of primary amides is 1. The fourth-order valence-electron chi connectivity index (χ4n) is 9.22. The Kier molecular flexibility index (Phi) is 8.08. The third-order valence-corrected chi connectivity index (χ3v) is 11.1. The van der Waals surface area contributed by atoms with E-state index in [9.17, 15) is 9.59 Å². The normalized spacial score (nSPS) is 39.3. The zero-order valence-electron chi connectivity index (χ0n) is 23.1. The summed E-state index contributed by atoms with van der Waals surface area (Å²) < 4.78 is 5.76. The standard InChI is InChI=1S/C31H51NO3/c1-20(2)7-6-8-21(3)25-11-12-26-24-10-9-22-19-23(35-29(34)14-13-28(32)33)15-17-30(22,4)27(24)16-18-31(25,26)5/h9,20-21,23-27H,6-8,10-19H2,1-5H3,(H2,32,33). The topological polar surface area (TPSA) is 69.4 Å². The first-order valence-corrected chi connectivity index (χ1v) is 14.7. The zero-order valence-corrected chi connectivity index (χ0v) is 23.1. The van der Waals surface area contributed by atoms with E-state index in [1.807, 2.05) is 0 Å². The van der Waals surface area contributed by atoms with Crippen LogP contribution in [0.1, 0.15) is 118 Å². The highest BCUT2D eigenvalue weighted by molar-refractivity contribution is 5.80. The third kappa shape index (κ3) is 5.37. The van der Waals surface area contributed by atoms with Gasteiger partial charge in [0.25, 0.3) is 0 Å². The van der Waals surface area contributed by atoms with E-state index in [1.54, 1.807) is 0 Å². The van der Waals surface area contributed by atoms with Gasteiger partial charge in [-0.05, 0) is 91.3 Å². The fourth-order valence-corrected chi connectivity index (χ4v) is 9.22. The number of amides is 1. The summed E-state index contributed by atoms with van der Waals surface area (Å²) in [4.78, 5) is 23.2. The molecule has 0 saturated heterocycles. The van der Waals surface area contributed by atoms with E-state index in [-0.39, 0.29) is 30.3 Å². The molecule has 4 rings (SSSR count). The Morgan fingerprint density at radius 3 is 2.51 bits per heavy atom. The average molecular weight is 486 g/mol. The van der Waals surface area contributed by atoms with Gasteiger partial charge in [-0.3, -0.25) is 9.59 Å². The molecule has 0 radical (unpaired) electrons. The Morgan fingerprint density at radius 1 is 1.03 bits per heavy atom. The van der Waals surface area contributed by atoms with E-state index in [2.05, 4.69) is 40.7 Å². The van der Waals surface area contributed by atoms with Crippen molar-refractivity contribution < 1.29 is 14.3 Å². The number of nitrogens with two attached hydrogens (primary N) is 1. The molecule has 8 unspecified atom stereocenters. The molecule has 1 amide bonds. The number of ether oxygens (including phenoxy) is 1. The van der Waals surface area contributed by atoms with Crippen LogP contribution < -0.4 is 5.73 Å². The van der Waals surface area contributed by atoms with Crippen molar-refractivity contribution in [3.8, 4) is 0 Å². The van der Waals surface area contributed by atoms with Crippen LogP contribution in [0.4, 0.5) is 0 Å². The van der Waals surface area contributed by atoms with E-state index >= 15 is 0 Å². The average Bonchev–Trinajstić information content (AvgIpc) is 3.15. The predicted octanol–water partition coefficient (Wildman–Crippen LogP) is 7.21. The quantitative estimate of drug-likeness (QED) is 0.277. The Labute approximate surface area is 214 Å². The van der Waals surface area contributed by atoms with Crippen molar-refractivity contribution in [2.24, 2.45) is 52.1 Å². The van der Waals surface area contributed by atoms with Gasteiger partial charge in [-0.15, -0.1) is 0 Å². The van der Waals surface area contributed by atoms with Gasteiger partial charge in [0, 0.05) is 12.8 Å². The summed E-state index contributed by atoms with van der Waals surface area (Å²) in [5.41, 5.74) is 7.51. The van der Waals surface area contributed by atoms with Crippen LogP contribution in [0, 0.1) is 46.3 Å². The Hall–Kier alpha value is -1.32. The maximum absolute atomic E-state index is 12.2. The SMILES string of the molecule is CC(C)CCCC(C)C1CCC2C3CC=C4CC(OC(=O)CCC(N)=O)CCC4(C)C3CCC12C. The fraction of sp³-hybridized carbons (Fsp3) is 0.871. The molecule has 2 N–H and O–H groups in total. The van der Waals surface area contributed by atoms with Gasteiger partial charge < -0.3 is 10.5 Å². The van der Waals surface area contributed by atoms with Gasteiger partial charge in [-0.25, -0.2) is 0 Å². The molecule has 198 valence electrons. The van der Waals surface area contributed by atoms with E-state index in [4.69, 9.17) is 10.5 Å². The van der Waals surface area contributed by atoms with Crippen LogP contribution in [0.5, 0.6) is 0 Å². The van der Waals surface area contributed by atoms with Crippen LogP contribution >= 0.6 is 0 Å². The molecule has 4 aliphatic carbocycles. The minimum atomic E-state index is -0.442. The lowest BCUT2D eigenvalue weighted by molar-refractivity contribution is -0.152. The monoisotopic (exact) mass is 485 g/mol. The first kappa shape index (κ1) is 26.7. The molecule has 0 aromatic rings. The first-order chi connectivity index (χ1) is 16.5. The molecule has 0 spiro atoms. The Morgan fingerprint density at radius 2 is 1.80 bits per heavy atom. The van der Waals surface area contributed by atoms with E-state index in [0.29, 0.717) is 5.41 Å². The smallest absolute Gasteiger partial charge is 0.306 e. The molecule has 0 bridgehead atoms. The molecule has 0 aromatic heterocycles. The van der Waals surface area contributed by atoms with Crippen molar-refractivity contribution in [2.75, 3.05) is 0 Å². The van der Waals surface area contributed by atoms with E-state index in [0.717, 1.165) is 54.8 Å². The maximum atomic E-state index is 12.2. The summed E-state index contributed by atoms with van der Waals surface area (Å²) in [7, 11) is 0. The number of esters is 1. The number of carbonyl (C=O) groups excluding carboxylic acids is 2. The van der Waals surface area contributed by atoms with Gasteiger partial charge in [0.05, 0.1) is 6.42 Å². The molecule has 35 heavy (non-hydrogen) atoms. The van der Waals surface area contributed by atoms with Gasteiger partial charge in [0.1, 0.15) is 6.10 Å². The van der Waals surface area contributed by atoms with Crippen molar-refractivity contribution in [2.45, 2.75) is 124 Å². The van der Waals surface area contributed by atoms with Gasteiger partial charge in [-0.2, -0.15) is 0 Å². The number of allylic oxidation sites excluding steroid dienone is 1. The summed E-state index contributed by atoms with van der Waals surface area (Å²) >= 11 is 0. The van der Waals surface area contributed by atoms with Crippen LogP contribution in [0.3, 0.4) is 0 Å². The maximum Gasteiger partial charge on any atom is 0.306 e. The second-order valence-electron chi connectivity index (χ2n) is 13.6. The van der Waals surface area contributed by atoms with Crippen molar-refractivity contribution >= 4 is 11.9 Å². The number of fused-ring (bicyclic) bond motifs is 5. The van der Waals surface area contributed by atoms with E-state index in [1.165, 1.54) is 56.9 Å². The molecule has 0 aliphatic heterocycles. The summed E-state index contributed by atoms with van der Waals surface area (Å²) in [6.45, 7) is 12.4. The molecule has 3 saturated carbocycles. The van der Waals surface area contributed by atoms with Crippen LogP contribution in [0.2, 0.25) is 0 Å². The van der Waals surface area contributed by atoms with Crippen LogP contribution in [-0.4, -0.2) is 18.0 Å². The van der Waals surface area contributed by atoms with Crippen LogP contribution in [-0.2, 0) is 14.3 Å². The summed E-state index contributed by atoms with van der Waals surface area (Å²) in [5.74, 6) is 4.33. The predicted molar refractivity (Wildman–Crippen MR) is 141 cm³/mol. The second kappa shape index (κ2) is 10.6.